The van der Waals surface area contributed by atoms with Crippen LogP contribution < -0.4 is 10.3 Å². The Kier molecular flexibility index (Phi) is 4.98. The van der Waals surface area contributed by atoms with Crippen molar-refractivity contribution in [2.24, 2.45) is 0 Å². The molecule has 1 aromatic carbocycles. The molecule has 6 heteroatoms. The molecule has 138 valence electrons. The molecule has 0 radical (unpaired) electrons. The molecule has 0 saturated carbocycles. The average molecular weight is 362 g/mol. The minimum atomic E-state index is -0.118. The van der Waals surface area contributed by atoms with Crippen molar-refractivity contribution in [3.63, 3.8) is 0 Å². The smallest absolute Gasteiger partial charge is 0.251 e. The highest BCUT2D eigenvalue weighted by Gasteiger charge is 2.26. The first-order chi connectivity index (χ1) is 13.2. The summed E-state index contributed by atoms with van der Waals surface area (Å²) < 4.78 is 5.21. The first-order valence-electron chi connectivity index (χ1n) is 9.08. The summed E-state index contributed by atoms with van der Waals surface area (Å²) in [6.45, 7) is 2.75. The lowest BCUT2D eigenvalue weighted by molar-refractivity contribution is 0.325. The van der Waals surface area contributed by atoms with Crippen LogP contribution in [0.2, 0.25) is 0 Å². The van der Waals surface area contributed by atoms with Gasteiger partial charge in [-0.1, -0.05) is 12.1 Å². The number of hydrogen-bond acceptors (Lipinski definition) is 5. The monoisotopic (exact) mass is 362 g/mol. The van der Waals surface area contributed by atoms with Crippen LogP contribution in [0.1, 0.15) is 23.7 Å². The van der Waals surface area contributed by atoms with E-state index in [9.17, 15) is 4.79 Å². The number of aromatic amines is 1. The Labute approximate surface area is 157 Å². The van der Waals surface area contributed by atoms with Gasteiger partial charge in [0.1, 0.15) is 11.6 Å². The lowest BCUT2D eigenvalue weighted by Crippen LogP contribution is -2.21. The van der Waals surface area contributed by atoms with Crippen LogP contribution >= 0.6 is 0 Å². The molecule has 1 aliphatic rings. The zero-order chi connectivity index (χ0) is 18.6. The van der Waals surface area contributed by atoms with Gasteiger partial charge >= 0.3 is 0 Å². The van der Waals surface area contributed by atoms with Crippen molar-refractivity contribution >= 4 is 0 Å². The van der Waals surface area contributed by atoms with Gasteiger partial charge in [0.15, 0.2) is 0 Å². The molecule has 27 heavy (non-hydrogen) atoms. The summed E-state index contributed by atoms with van der Waals surface area (Å²) in [4.78, 5) is 26.3. The van der Waals surface area contributed by atoms with Gasteiger partial charge in [-0.2, -0.15) is 0 Å². The molecular weight excluding hydrogens is 340 g/mol. The third-order valence-electron chi connectivity index (χ3n) is 4.94. The summed E-state index contributed by atoms with van der Waals surface area (Å²) in [5.41, 5.74) is 2.67. The highest BCUT2D eigenvalue weighted by atomic mass is 16.5. The third kappa shape index (κ3) is 4.06. The van der Waals surface area contributed by atoms with Gasteiger partial charge in [0, 0.05) is 43.0 Å². The minimum absolute atomic E-state index is 0.118. The van der Waals surface area contributed by atoms with Crippen LogP contribution in [0.3, 0.4) is 0 Å². The van der Waals surface area contributed by atoms with Crippen LogP contribution in [0, 0.1) is 0 Å². The predicted octanol–water partition coefficient (Wildman–Crippen LogP) is 2.83. The minimum Gasteiger partial charge on any atom is -0.497 e. The second kappa shape index (κ2) is 7.72. The Hall–Kier alpha value is -2.99. The van der Waals surface area contributed by atoms with Crippen LogP contribution in [-0.2, 0) is 6.54 Å². The predicted molar refractivity (Wildman–Crippen MR) is 104 cm³/mol. The molecule has 0 bridgehead atoms. The van der Waals surface area contributed by atoms with Crippen molar-refractivity contribution in [2.45, 2.75) is 18.9 Å². The molecule has 3 heterocycles. The van der Waals surface area contributed by atoms with Gasteiger partial charge in [-0.3, -0.25) is 14.7 Å². The molecule has 1 fully saturated rings. The number of nitrogens with zero attached hydrogens (tertiary/aromatic N) is 3. The van der Waals surface area contributed by atoms with Crippen LogP contribution in [0.4, 0.5) is 0 Å². The van der Waals surface area contributed by atoms with E-state index in [0.717, 1.165) is 43.2 Å². The number of nitrogens with one attached hydrogen (secondary N) is 1. The van der Waals surface area contributed by atoms with E-state index in [4.69, 9.17) is 9.72 Å². The summed E-state index contributed by atoms with van der Waals surface area (Å²) in [5.74, 6) is 1.86. The van der Waals surface area contributed by atoms with Crippen molar-refractivity contribution < 1.29 is 4.74 Å². The molecule has 0 amide bonds. The number of ether oxygens (including phenoxy) is 1. The number of rotatable bonds is 5. The summed E-state index contributed by atoms with van der Waals surface area (Å²) in [6.07, 6.45) is 4.43. The zero-order valence-corrected chi connectivity index (χ0v) is 15.3. The Morgan fingerprint density at radius 2 is 2.11 bits per heavy atom. The number of methoxy groups -OCH3 is 1. The summed E-state index contributed by atoms with van der Waals surface area (Å²) in [5, 5.41) is 0. The second-order valence-electron chi connectivity index (χ2n) is 6.83. The third-order valence-corrected chi connectivity index (χ3v) is 4.94. The van der Waals surface area contributed by atoms with E-state index in [1.165, 1.54) is 11.6 Å². The van der Waals surface area contributed by atoms with Gasteiger partial charge in [-0.15, -0.1) is 0 Å². The quantitative estimate of drug-likeness (QED) is 0.756. The Balaban J connectivity index is 1.48. The number of hydrogen-bond donors (Lipinski definition) is 1. The molecule has 1 aliphatic heterocycles. The normalized spacial score (nSPS) is 17.1. The van der Waals surface area contributed by atoms with Crippen molar-refractivity contribution in [1.29, 1.82) is 0 Å². The SMILES string of the molecule is COc1ccc(CN2CC[C@H](c3nc(-c4cccnc4)cc(=O)[nH]3)C2)cc1. The van der Waals surface area contributed by atoms with Crippen molar-refractivity contribution in [3.05, 3.63) is 76.6 Å². The lowest BCUT2D eigenvalue weighted by Gasteiger charge is -2.16. The fourth-order valence-electron chi connectivity index (χ4n) is 3.52. The Morgan fingerprint density at radius 1 is 1.26 bits per heavy atom. The topological polar surface area (TPSA) is 71.1 Å². The van der Waals surface area contributed by atoms with Crippen LogP contribution in [0.15, 0.2) is 59.7 Å². The molecule has 0 aliphatic carbocycles. The fraction of sp³-hybridized carbons (Fsp3) is 0.286. The van der Waals surface area contributed by atoms with E-state index >= 15 is 0 Å². The molecule has 1 atom stereocenters. The van der Waals surface area contributed by atoms with Gasteiger partial charge < -0.3 is 9.72 Å². The van der Waals surface area contributed by atoms with Gasteiger partial charge in [0.25, 0.3) is 5.56 Å². The van der Waals surface area contributed by atoms with Crippen molar-refractivity contribution in [3.8, 4) is 17.0 Å². The summed E-state index contributed by atoms with van der Waals surface area (Å²) in [6, 6.07) is 13.5. The van der Waals surface area contributed by atoms with Crippen LogP contribution in [0.5, 0.6) is 5.75 Å². The van der Waals surface area contributed by atoms with E-state index in [0.29, 0.717) is 5.69 Å². The maximum atomic E-state index is 12.1. The van der Waals surface area contributed by atoms with E-state index < -0.39 is 0 Å². The van der Waals surface area contributed by atoms with Crippen LogP contribution in [-0.4, -0.2) is 40.1 Å². The number of benzene rings is 1. The summed E-state index contributed by atoms with van der Waals surface area (Å²) in [7, 11) is 1.67. The molecule has 3 aromatic rings. The van der Waals surface area contributed by atoms with Gasteiger partial charge in [-0.25, -0.2) is 4.98 Å². The Morgan fingerprint density at radius 3 is 2.85 bits per heavy atom. The maximum absolute atomic E-state index is 12.1. The standard InChI is InChI=1S/C21H22N4O2/c1-27-18-6-4-15(5-7-18)13-25-10-8-17(14-25)21-23-19(11-20(26)24-21)16-3-2-9-22-12-16/h2-7,9,11-12,17H,8,10,13-14H2,1H3,(H,23,24,26)/t17-/m0/s1. The van der Waals surface area contributed by atoms with Gasteiger partial charge in [-0.05, 0) is 42.8 Å². The van der Waals surface area contributed by atoms with E-state index in [-0.39, 0.29) is 11.5 Å². The van der Waals surface area contributed by atoms with E-state index in [1.807, 2.05) is 24.3 Å². The average Bonchev–Trinajstić information content (AvgIpc) is 3.17. The molecule has 1 N–H and O–H groups in total. The zero-order valence-electron chi connectivity index (χ0n) is 15.3. The number of H-pyrrole nitrogens is 1. The first-order valence-corrected chi connectivity index (χ1v) is 9.08. The maximum Gasteiger partial charge on any atom is 0.251 e. The largest absolute Gasteiger partial charge is 0.497 e. The molecule has 2 aromatic heterocycles. The molecule has 6 nitrogen and oxygen atoms in total. The molecule has 1 saturated heterocycles. The molecular formula is C21H22N4O2. The van der Waals surface area contributed by atoms with Gasteiger partial charge in [0.2, 0.25) is 0 Å². The Bertz CT molecular complexity index is 954. The number of aromatic nitrogens is 3. The summed E-state index contributed by atoms with van der Waals surface area (Å²) >= 11 is 0. The van der Waals surface area contributed by atoms with Crippen molar-refractivity contribution in [2.75, 3.05) is 20.2 Å². The van der Waals surface area contributed by atoms with Gasteiger partial charge in [0.05, 0.1) is 12.8 Å². The van der Waals surface area contributed by atoms with Crippen molar-refractivity contribution in [1.82, 2.24) is 19.9 Å². The van der Waals surface area contributed by atoms with E-state index in [2.05, 4.69) is 27.0 Å². The highest BCUT2D eigenvalue weighted by molar-refractivity contribution is 5.56. The number of pyridine rings is 1. The molecule has 4 rings (SSSR count). The molecule has 0 spiro atoms. The lowest BCUT2D eigenvalue weighted by atomic mass is 10.1. The first kappa shape index (κ1) is 17.4. The fourth-order valence-corrected chi connectivity index (χ4v) is 3.52. The van der Waals surface area contributed by atoms with E-state index in [1.54, 1.807) is 19.5 Å². The second-order valence-corrected chi connectivity index (χ2v) is 6.83. The molecule has 0 unspecified atom stereocenters. The highest BCUT2D eigenvalue weighted by Crippen LogP contribution is 2.27. The number of likely N-dealkylation sites (tertiary alicyclic amines) is 1. The van der Waals surface area contributed by atoms with Crippen LogP contribution in [0.25, 0.3) is 11.3 Å².